The number of nitrogens with zero attached hydrogens (tertiary/aromatic N) is 1. The van der Waals surface area contributed by atoms with Crippen LogP contribution in [0.2, 0.25) is 0 Å². The molecular weight excluding hydrogens is 369 g/mol. The number of hydrogen-bond donors (Lipinski definition) is 0. The molecule has 0 radical (unpaired) electrons. The molecule has 0 bridgehead atoms. The summed E-state index contributed by atoms with van der Waals surface area (Å²) < 4.78 is 7.96. The molecule has 0 unspecified atom stereocenters. The quantitative estimate of drug-likeness (QED) is 0.411. The van der Waals surface area contributed by atoms with Crippen molar-refractivity contribution >= 4 is 47.1 Å². The molecule has 3 aromatic carbocycles. The van der Waals surface area contributed by atoms with Crippen molar-refractivity contribution in [3.8, 4) is 5.69 Å². The van der Waals surface area contributed by atoms with Gasteiger partial charge in [0.2, 0.25) is 0 Å². The van der Waals surface area contributed by atoms with Crippen molar-refractivity contribution in [1.82, 2.24) is 4.57 Å². The van der Waals surface area contributed by atoms with Gasteiger partial charge >= 0.3 is 0 Å². The van der Waals surface area contributed by atoms with Crippen LogP contribution in [0.15, 0.2) is 72.8 Å². The Labute approximate surface area is 133 Å². The summed E-state index contributed by atoms with van der Waals surface area (Å²) in [7, 11) is 0. The fourth-order valence-corrected chi connectivity index (χ4v) is 4.35. The molecule has 4 aromatic rings. The van der Waals surface area contributed by atoms with Gasteiger partial charge in [-0.05, 0) is 30.3 Å². The van der Waals surface area contributed by atoms with Crippen LogP contribution in [0.5, 0.6) is 0 Å². The number of halogens is 1. The highest BCUT2D eigenvalue weighted by Crippen LogP contribution is 2.35. The summed E-state index contributed by atoms with van der Waals surface area (Å²) in [4.78, 5) is 0. The van der Waals surface area contributed by atoms with Gasteiger partial charge in [0.05, 0.1) is 11.0 Å². The largest absolute Gasteiger partial charge is 0.309 e. The van der Waals surface area contributed by atoms with Gasteiger partial charge in [-0.25, -0.2) is 0 Å². The molecule has 0 N–H and O–H groups in total. The lowest BCUT2D eigenvalue weighted by atomic mass is 10.2. The van der Waals surface area contributed by atoms with Crippen LogP contribution in [0.1, 0.15) is 0 Å². The van der Waals surface area contributed by atoms with Crippen LogP contribution in [0.3, 0.4) is 0 Å². The van der Waals surface area contributed by atoms with E-state index in [9.17, 15) is 0 Å². The predicted molar refractivity (Wildman–Crippen MR) is 101 cm³/mol. The Balaban J connectivity index is 2.26. The van der Waals surface area contributed by atoms with E-state index in [1.807, 2.05) is 0 Å². The Morgan fingerprint density at radius 2 is 1.43 bits per heavy atom. The zero-order valence-corrected chi connectivity index (χ0v) is 13.6. The van der Waals surface area contributed by atoms with E-state index in [1.54, 1.807) is 0 Å². The van der Waals surface area contributed by atoms with E-state index < -0.39 is 0 Å². The first-order chi connectivity index (χ1) is 10.4. The molecule has 2 heteroatoms. The number of rotatable bonds is 2. The van der Waals surface area contributed by atoms with Gasteiger partial charge in [0.15, 0.2) is 0 Å². The second-order valence-electron chi connectivity index (χ2n) is 4.96. The molecule has 0 fully saturated rings. The summed E-state index contributed by atoms with van der Waals surface area (Å²) in [5.74, 6) is 0. The van der Waals surface area contributed by atoms with Crippen molar-refractivity contribution in [2.75, 3.05) is 0 Å². The minimum Gasteiger partial charge on any atom is -0.309 e. The number of aromatic nitrogens is 1. The lowest BCUT2D eigenvalue weighted by Gasteiger charge is -2.07. The van der Waals surface area contributed by atoms with Crippen LogP contribution < -0.4 is 0 Å². The van der Waals surface area contributed by atoms with Crippen LogP contribution >= 0.6 is 20.7 Å². The molecule has 21 heavy (non-hydrogen) atoms. The fraction of sp³-hybridized carbons (Fsp3) is 0. The van der Waals surface area contributed by atoms with Crippen LogP contribution in [-0.4, -0.2) is 9.08 Å². The smallest absolute Gasteiger partial charge is 0.0551 e. The third-order valence-corrected chi connectivity index (χ3v) is 5.53. The van der Waals surface area contributed by atoms with E-state index in [1.165, 1.54) is 31.1 Å². The third kappa shape index (κ3) is 1.94. The summed E-state index contributed by atoms with van der Waals surface area (Å²) in [6, 6.07) is 25.8. The van der Waals surface area contributed by atoms with E-state index in [0.29, 0.717) is 0 Å². The minimum atomic E-state index is -0.188. The van der Waals surface area contributed by atoms with Gasteiger partial charge in [0.1, 0.15) is 0 Å². The van der Waals surface area contributed by atoms with Gasteiger partial charge in [0, 0.05) is 20.0 Å². The molecule has 0 saturated carbocycles. The van der Waals surface area contributed by atoms with Gasteiger partial charge in [0.25, 0.3) is 0 Å². The molecule has 0 spiro atoms. The predicted octanol–water partition coefficient (Wildman–Crippen LogP) is 5.36. The van der Waals surface area contributed by atoms with E-state index in [4.69, 9.17) is 0 Å². The van der Waals surface area contributed by atoms with Crippen molar-refractivity contribution in [3.63, 3.8) is 0 Å². The average Bonchev–Trinajstić information content (AvgIpc) is 2.90. The number of benzene rings is 3. The van der Waals surface area contributed by atoms with Crippen molar-refractivity contribution < 1.29 is 0 Å². The molecule has 0 aliphatic carbocycles. The Kier molecular flexibility index (Phi) is 3.11. The van der Waals surface area contributed by atoms with Gasteiger partial charge in [-0.2, -0.15) is 0 Å². The van der Waals surface area contributed by atoms with Gasteiger partial charge in [-0.3, -0.25) is 0 Å². The number of para-hydroxylation sites is 2. The highest BCUT2D eigenvalue weighted by molar-refractivity contribution is 14.2. The molecule has 0 aliphatic rings. The Morgan fingerprint density at radius 3 is 2.24 bits per heavy atom. The molecule has 1 aromatic heterocycles. The van der Waals surface area contributed by atoms with Crippen LogP contribution in [-0.2, 0) is 0 Å². The highest BCUT2D eigenvalue weighted by atomic mass is 127. The van der Waals surface area contributed by atoms with Crippen molar-refractivity contribution in [1.29, 1.82) is 0 Å². The molecular formula is C19H14IN. The maximum Gasteiger partial charge on any atom is 0.0551 e. The summed E-state index contributed by atoms with van der Waals surface area (Å²) in [5, 5.41) is 2.70. The van der Waals surface area contributed by atoms with Crippen molar-refractivity contribution in [2.45, 2.75) is 0 Å². The third-order valence-electron chi connectivity index (χ3n) is 3.81. The second kappa shape index (κ2) is 5.11. The normalized spacial score (nSPS) is 11.2. The van der Waals surface area contributed by atoms with E-state index in [-0.39, 0.29) is 20.7 Å². The molecule has 0 atom stereocenters. The lowest BCUT2D eigenvalue weighted by Crippen LogP contribution is -1.92. The van der Waals surface area contributed by atoms with Crippen molar-refractivity contribution in [2.24, 2.45) is 0 Å². The SMILES string of the molecule is C=Ic1cccc2c1c1ccccc1n2-c1ccccc1. The summed E-state index contributed by atoms with van der Waals surface area (Å²) in [5.41, 5.74) is 3.76. The van der Waals surface area contributed by atoms with E-state index in [2.05, 4.69) is 81.9 Å². The van der Waals surface area contributed by atoms with Gasteiger partial charge < -0.3 is 4.57 Å². The first-order valence-electron chi connectivity index (χ1n) is 6.86. The lowest BCUT2D eigenvalue weighted by molar-refractivity contribution is 1.18. The van der Waals surface area contributed by atoms with Crippen LogP contribution in [0.4, 0.5) is 0 Å². The van der Waals surface area contributed by atoms with E-state index >= 15 is 0 Å². The maximum absolute atomic E-state index is 4.20. The second-order valence-corrected chi connectivity index (χ2v) is 6.88. The number of hydrogen-bond acceptors (Lipinski definition) is 0. The molecule has 4 rings (SSSR count). The molecule has 0 aliphatic heterocycles. The standard InChI is InChI=1S/C19H14IN/c1-20-16-11-7-13-18-19(16)15-10-5-6-12-17(15)21(18)14-8-3-2-4-9-14/h2-13H,1H2. The Bertz CT molecular complexity index is 951. The zero-order valence-electron chi connectivity index (χ0n) is 11.5. The van der Waals surface area contributed by atoms with Crippen LogP contribution in [0.25, 0.3) is 27.5 Å². The molecule has 1 nitrogen and oxygen atoms in total. The fourth-order valence-electron chi connectivity index (χ4n) is 2.94. The molecule has 0 amide bonds. The first-order valence-corrected chi connectivity index (χ1v) is 9.46. The topological polar surface area (TPSA) is 4.93 Å². The highest BCUT2D eigenvalue weighted by Gasteiger charge is 2.13. The molecule has 1 heterocycles. The van der Waals surface area contributed by atoms with Gasteiger partial charge in [-0.1, -0.05) is 67.7 Å². The first kappa shape index (κ1) is 12.8. The average molecular weight is 383 g/mol. The molecule has 102 valence electrons. The Morgan fingerprint density at radius 1 is 0.714 bits per heavy atom. The van der Waals surface area contributed by atoms with Crippen LogP contribution in [0, 0.1) is 3.57 Å². The summed E-state index contributed by atoms with van der Waals surface area (Å²) >= 11 is -0.188. The summed E-state index contributed by atoms with van der Waals surface area (Å²) in [6.45, 7) is 0. The maximum atomic E-state index is 4.20. The number of fused-ring (bicyclic) bond motifs is 3. The monoisotopic (exact) mass is 383 g/mol. The Hall–Kier alpha value is -1.94. The van der Waals surface area contributed by atoms with Gasteiger partial charge in [-0.15, -0.1) is 0 Å². The minimum absolute atomic E-state index is 0.188. The molecule has 0 saturated heterocycles. The van der Waals surface area contributed by atoms with E-state index in [0.717, 1.165) is 0 Å². The summed E-state index contributed by atoms with van der Waals surface area (Å²) in [6.07, 6.45) is 0. The van der Waals surface area contributed by atoms with Crippen molar-refractivity contribution in [3.05, 3.63) is 76.4 Å². The zero-order chi connectivity index (χ0) is 14.2.